The van der Waals surface area contributed by atoms with Gasteiger partial charge >= 0.3 is 0 Å². The highest BCUT2D eigenvalue weighted by atomic mass is 16.3. The molecule has 13 heavy (non-hydrogen) atoms. The topological polar surface area (TPSA) is 20.2 Å². The molecule has 0 aliphatic rings. The maximum absolute atomic E-state index is 9.23. The summed E-state index contributed by atoms with van der Waals surface area (Å²) < 4.78 is 0. The van der Waals surface area contributed by atoms with Gasteiger partial charge in [-0.25, -0.2) is 0 Å². The monoisotopic (exact) mass is 176 g/mol. The van der Waals surface area contributed by atoms with Crippen molar-refractivity contribution in [3.8, 4) is 0 Å². The van der Waals surface area contributed by atoms with E-state index in [0.29, 0.717) is 5.92 Å². The Kier molecular flexibility index (Phi) is 3.71. The molecule has 1 nitrogen and oxygen atoms in total. The van der Waals surface area contributed by atoms with Gasteiger partial charge in [0.2, 0.25) is 0 Å². The van der Waals surface area contributed by atoms with Gasteiger partial charge in [-0.1, -0.05) is 43.3 Å². The molecule has 0 amide bonds. The first-order chi connectivity index (χ1) is 6.29. The fraction of sp³-hybridized carbons (Fsp3) is 0.333. The van der Waals surface area contributed by atoms with Crippen LogP contribution in [0.25, 0.3) is 0 Å². The largest absolute Gasteiger partial charge is 0.396 e. The maximum atomic E-state index is 9.23. The minimum atomic E-state index is 0.178. The first kappa shape index (κ1) is 10.0. The van der Waals surface area contributed by atoms with Crippen LogP contribution in [-0.4, -0.2) is 11.7 Å². The molecule has 0 aliphatic heterocycles. The van der Waals surface area contributed by atoms with Crippen LogP contribution in [0.1, 0.15) is 18.4 Å². The van der Waals surface area contributed by atoms with Gasteiger partial charge in [0, 0.05) is 5.92 Å². The van der Waals surface area contributed by atoms with Crippen LogP contribution in [0.3, 0.4) is 0 Å². The molecule has 0 aliphatic carbocycles. The Morgan fingerprint density at radius 3 is 2.46 bits per heavy atom. The number of hydrogen-bond donors (Lipinski definition) is 1. The SMILES string of the molecule is C=C[C@H](C)[C@@H](CO)c1ccccc1. The van der Waals surface area contributed by atoms with Crippen LogP contribution < -0.4 is 0 Å². The van der Waals surface area contributed by atoms with Crippen LogP contribution in [0.15, 0.2) is 43.0 Å². The van der Waals surface area contributed by atoms with Gasteiger partial charge < -0.3 is 5.11 Å². The van der Waals surface area contributed by atoms with E-state index in [9.17, 15) is 5.11 Å². The van der Waals surface area contributed by atoms with E-state index in [1.54, 1.807) is 0 Å². The molecule has 2 atom stereocenters. The van der Waals surface area contributed by atoms with E-state index in [0.717, 1.165) is 0 Å². The van der Waals surface area contributed by atoms with Crippen molar-refractivity contribution < 1.29 is 5.11 Å². The van der Waals surface area contributed by atoms with E-state index >= 15 is 0 Å². The van der Waals surface area contributed by atoms with Crippen molar-refractivity contribution in [3.63, 3.8) is 0 Å². The summed E-state index contributed by atoms with van der Waals surface area (Å²) in [6.07, 6.45) is 1.88. The Hall–Kier alpha value is -1.08. The second kappa shape index (κ2) is 4.83. The van der Waals surface area contributed by atoms with Crippen LogP contribution in [0.4, 0.5) is 0 Å². The van der Waals surface area contributed by atoms with Crippen LogP contribution in [0.2, 0.25) is 0 Å². The molecule has 1 aromatic rings. The zero-order valence-corrected chi connectivity index (χ0v) is 7.98. The Bertz CT molecular complexity index is 253. The predicted molar refractivity (Wildman–Crippen MR) is 55.6 cm³/mol. The standard InChI is InChI=1S/C12H16O/c1-3-10(2)12(9-13)11-7-5-4-6-8-11/h3-8,10,12-13H,1,9H2,2H3/t10-,12+/m0/s1. The number of hydrogen-bond acceptors (Lipinski definition) is 1. The molecular formula is C12H16O. The van der Waals surface area contributed by atoms with E-state index in [1.165, 1.54) is 5.56 Å². The molecule has 1 aromatic carbocycles. The molecule has 0 saturated carbocycles. The van der Waals surface area contributed by atoms with Crippen molar-refractivity contribution in [2.24, 2.45) is 5.92 Å². The fourth-order valence-corrected chi connectivity index (χ4v) is 1.44. The lowest BCUT2D eigenvalue weighted by Gasteiger charge is -2.18. The Balaban J connectivity index is 2.84. The molecule has 0 spiro atoms. The Labute approximate surface area is 79.7 Å². The molecule has 1 rings (SSSR count). The average molecular weight is 176 g/mol. The Morgan fingerprint density at radius 1 is 1.38 bits per heavy atom. The minimum absolute atomic E-state index is 0.178. The first-order valence-electron chi connectivity index (χ1n) is 4.58. The molecule has 0 unspecified atom stereocenters. The van der Waals surface area contributed by atoms with Gasteiger partial charge in [0.05, 0.1) is 6.61 Å². The predicted octanol–water partition coefficient (Wildman–Crippen LogP) is 2.58. The molecule has 0 fully saturated rings. The first-order valence-corrected chi connectivity index (χ1v) is 4.58. The number of aliphatic hydroxyl groups is 1. The third-order valence-electron chi connectivity index (χ3n) is 2.43. The zero-order chi connectivity index (χ0) is 9.68. The molecular weight excluding hydrogens is 160 g/mol. The minimum Gasteiger partial charge on any atom is -0.396 e. The highest BCUT2D eigenvalue weighted by Gasteiger charge is 2.14. The van der Waals surface area contributed by atoms with Gasteiger partial charge in [-0.15, -0.1) is 6.58 Å². The number of rotatable bonds is 4. The lowest BCUT2D eigenvalue weighted by molar-refractivity contribution is 0.245. The summed E-state index contributed by atoms with van der Waals surface area (Å²) in [5.41, 5.74) is 1.18. The molecule has 70 valence electrons. The van der Waals surface area contributed by atoms with Gasteiger partial charge in [0.1, 0.15) is 0 Å². The summed E-state index contributed by atoms with van der Waals surface area (Å²) >= 11 is 0. The zero-order valence-electron chi connectivity index (χ0n) is 7.98. The number of allylic oxidation sites excluding steroid dienone is 1. The Morgan fingerprint density at radius 2 is 2.00 bits per heavy atom. The highest BCUT2D eigenvalue weighted by molar-refractivity contribution is 5.21. The molecule has 0 aromatic heterocycles. The van der Waals surface area contributed by atoms with Gasteiger partial charge in [-0.3, -0.25) is 0 Å². The quantitative estimate of drug-likeness (QED) is 0.699. The van der Waals surface area contributed by atoms with Crippen molar-refractivity contribution >= 4 is 0 Å². The second-order valence-corrected chi connectivity index (χ2v) is 3.29. The van der Waals surface area contributed by atoms with Crippen LogP contribution >= 0.6 is 0 Å². The van der Waals surface area contributed by atoms with Crippen LogP contribution in [-0.2, 0) is 0 Å². The average Bonchev–Trinajstić information content (AvgIpc) is 2.20. The van der Waals surface area contributed by atoms with Crippen molar-refractivity contribution in [1.82, 2.24) is 0 Å². The second-order valence-electron chi connectivity index (χ2n) is 3.29. The van der Waals surface area contributed by atoms with E-state index in [2.05, 4.69) is 13.5 Å². The van der Waals surface area contributed by atoms with Crippen molar-refractivity contribution in [1.29, 1.82) is 0 Å². The van der Waals surface area contributed by atoms with Crippen molar-refractivity contribution in [3.05, 3.63) is 48.6 Å². The van der Waals surface area contributed by atoms with E-state index in [1.807, 2.05) is 36.4 Å². The fourth-order valence-electron chi connectivity index (χ4n) is 1.44. The molecule has 1 heteroatoms. The lowest BCUT2D eigenvalue weighted by Crippen LogP contribution is -2.11. The van der Waals surface area contributed by atoms with E-state index in [-0.39, 0.29) is 12.5 Å². The van der Waals surface area contributed by atoms with Crippen molar-refractivity contribution in [2.45, 2.75) is 12.8 Å². The van der Waals surface area contributed by atoms with E-state index in [4.69, 9.17) is 0 Å². The van der Waals surface area contributed by atoms with Crippen LogP contribution in [0, 0.1) is 5.92 Å². The van der Waals surface area contributed by atoms with Gasteiger partial charge in [0.15, 0.2) is 0 Å². The summed E-state index contributed by atoms with van der Waals surface area (Å²) in [5.74, 6) is 0.492. The summed E-state index contributed by atoms with van der Waals surface area (Å²) in [4.78, 5) is 0. The summed E-state index contributed by atoms with van der Waals surface area (Å²) in [6, 6.07) is 10.1. The molecule has 0 saturated heterocycles. The number of benzene rings is 1. The third-order valence-corrected chi connectivity index (χ3v) is 2.43. The van der Waals surface area contributed by atoms with Gasteiger partial charge in [-0.05, 0) is 11.5 Å². The smallest absolute Gasteiger partial charge is 0.0505 e. The van der Waals surface area contributed by atoms with Crippen molar-refractivity contribution in [2.75, 3.05) is 6.61 Å². The summed E-state index contributed by atoms with van der Waals surface area (Å²) in [7, 11) is 0. The number of aliphatic hydroxyl groups excluding tert-OH is 1. The maximum Gasteiger partial charge on any atom is 0.0505 e. The third kappa shape index (κ3) is 2.43. The highest BCUT2D eigenvalue weighted by Crippen LogP contribution is 2.24. The molecule has 0 radical (unpaired) electrons. The normalized spacial score (nSPS) is 14.9. The molecule has 0 heterocycles. The molecule has 1 N–H and O–H groups in total. The lowest BCUT2D eigenvalue weighted by atomic mass is 9.88. The van der Waals surface area contributed by atoms with Gasteiger partial charge in [0.25, 0.3) is 0 Å². The van der Waals surface area contributed by atoms with E-state index < -0.39 is 0 Å². The molecule has 0 bridgehead atoms. The summed E-state index contributed by atoms with van der Waals surface area (Å²) in [5, 5.41) is 9.23. The summed E-state index contributed by atoms with van der Waals surface area (Å²) in [6.45, 7) is 5.99. The van der Waals surface area contributed by atoms with Crippen LogP contribution in [0.5, 0.6) is 0 Å². The van der Waals surface area contributed by atoms with Gasteiger partial charge in [-0.2, -0.15) is 0 Å².